The van der Waals surface area contributed by atoms with Gasteiger partial charge in [-0.1, -0.05) is 24.3 Å². The van der Waals surface area contributed by atoms with Gasteiger partial charge in [-0.05, 0) is 18.2 Å². The molecule has 4 N–H and O–H groups in total. The highest BCUT2D eigenvalue weighted by Gasteiger charge is 2.42. The Morgan fingerprint density at radius 2 is 2.08 bits per heavy atom. The summed E-state index contributed by atoms with van der Waals surface area (Å²) in [6.45, 7) is 0. The van der Waals surface area contributed by atoms with E-state index in [9.17, 15) is 14.7 Å². The van der Waals surface area contributed by atoms with Crippen molar-refractivity contribution in [3.63, 3.8) is 0 Å². The SMILES string of the molecule is COC(=O)Nc1nc2ccc(C3(O)NC(=O)c4ccccc43)cc2[nH]1. The van der Waals surface area contributed by atoms with Gasteiger partial charge in [0.05, 0.1) is 18.1 Å². The second kappa shape index (κ2) is 5.32. The zero-order valence-electron chi connectivity index (χ0n) is 13.2. The van der Waals surface area contributed by atoms with Crippen molar-refractivity contribution in [3.05, 3.63) is 59.2 Å². The van der Waals surface area contributed by atoms with Gasteiger partial charge in [0.25, 0.3) is 5.91 Å². The molecule has 0 fully saturated rings. The van der Waals surface area contributed by atoms with Crippen LogP contribution >= 0.6 is 0 Å². The van der Waals surface area contributed by atoms with Crippen LogP contribution < -0.4 is 10.6 Å². The van der Waals surface area contributed by atoms with Gasteiger partial charge in [-0.3, -0.25) is 10.1 Å². The molecule has 3 aromatic rings. The van der Waals surface area contributed by atoms with Crippen LogP contribution in [0, 0.1) is 0 Å². The fraction of sp³-hybridized carbons (Fsp3) is 0.118. The minimum Gasteiger partial charge on any atom is -0.453 e. The van der Waals surface area contributed by atoms with Crippen LogP contribution in [0.3, 0.4) is 0 Å². The van der Waals surface area contributed by atoms with Gasteiger partial charge >= 0.3 is 6.09 Å². The number of fused-ring (bicyclic) bond motifs is 2. The summed E-state index contributed by atoms with van der Waals surface area (Å²) in [4.78, 5) is 30.5. The lowest BCUT2D eigenvalue weighted by Crippen LogP contribution is -2.40. The summed E-state index contributed by atoms with van der Waals surface area (Å²) in [5.74, 6) is -0.113. The van der Waals surface area contributed by atoms with Gasteiger partial charge < -0.3 is 20.1 Å². The lowest BCUT2D eigenvalue weighted by Gasteiger charge is -2.24. The molecule has 8 heteroatoms. The third-order valence-corrected chi connectivity index (χ3v) is 4.16. The third-order valence-electron chi connectivity index (χ3n) is 4.16. The molecule has 0 radical (unpaired) electrons. The van der Waals surface area contributed by atoms with Crippen LogP contribution in [0.5, 0.6) is 0 Å². The highest BCUT2D eigenvalue weighted by molar-refractivity contribution is 6.00. The van der Waals surface area contributed by atoms with Crippen molar-refractivity contribution in [1.29, 1.82) is 0 Å². The monoisotopic (exact) mass is 338 g/mol. The van der Waals surface area contributed by atoms with Gasteiger partial charge in [-0.2, -0.15) is 0 Å². The highest BCUT2D eigenvalue weighted by atomic mass is 16.5. The lowest BCUT2D eigenvalue weighted by atomic mass is 9.94. The normalized spacial score (nSPS) is 18.7. The molecule has 1 unspecified atom stereocenters. The first-order valence-corrected chi connectivity index (χ1v) is 7.51. The smallest absolute Gasteiger partial charge is 0.413 e. The number of aromatic nitrogens is 2. The van der Waals surface area contributed by atoms with Gasteiger partial charge in [-0.15, -0.1) is 0 Å². The summed E-state index contributed by atoms with van der Waals surface area (Å²) in [5, 5.41) is 16.1. The molecule has 2 heterocycles. The summed E-state index contributed by atoms with van der Waals surface area (Å²) in [6, 6.07) is 11.9. The highest BCUT2D eigenvalue weighted by Crippen LogP contribution is 2.35. The first kappa shape index (κ1) is 15.2. The molecule has 0 bridgehead atoms. The zero-order chi connectivity index (χ0) is 17.6. The molecule has 1 aliphatic heterocycles. The molecule has 1 aliphatic rings. The summed E-state index contributed by atoms with van der Waals surface area (Å²) >= 11 is 0. The van der Waals surface area contributed by atoms with E-state index in [1.807, 2.05) is 0 Å². The van der Waals surface area contributed by atoms with Gasteiger partial charge in [-0.25, -0.2) is 9.78 Å². The molecule has 4 rings (SSSR count). The van der Waals surface area contributed by atoms with Crippen molar-refractivity contribution in [2.24, 2.45) is 0 Å². The molecule has 126 valence electrons. The van der Waals surface area contributed by atoms with Crippen molar-refractivity contribution in [3.8, 4) is 0 Å². The van der Waals surface area contributed by atoms with Crippen molar-refractivity contribution >= 4 is 29.0 Å². The molecule has 8 nitrogen and oxygen atoms in total. The number of benzene rings is 2. The first-order chi connectivity index (χ1) is 12.0. The van der Waals surface area contributed by atoms with Crippen LogP contribution in [0.4, 0.5) is 10.7 Å². The van der Waals surface area contributed by atoms with Crippen molar-refractivity contribution in [1.82, 2.24) is 15.3 Å². The Morgan fingerprint density at radius 3 is 2.88 bits per heavy atom. The Balaban J connectivity index is 1.77. The molecular formula is C17H14N4O4. The van der Waals surface area contributed by atoms with Crippen molar-refractivity contribution in [2.45, 2.75) is 5.72 Å². The average Bonchev–Trinajstić information content (AvgIpc) is 3.13. The molecule has 2 amide bonds. The van der Waals surface area contributed by atoms with E-state index in [2.05, 4.69) is 25.3 Å². The van der Waals surface area contributed by atoms with Crippen LogP contribution in [-0.4, -0.2) is 34.2 Å². The standard InChI is InChI=1S/C17H14N4O4/c1-25-16(23)20-15-18-12-7-6-9(8-13(12)19-15)17(24)11-5-3-2-4-10(11)14(22)21-17/h2-8,24H,1H3,(H,21,22)(H2,18,19,20,23). The van der Waals surface area contributed by atoms with Crippen LogP contribution in [0.15, 0.2) is 42.5 Å². The molecule has 1 atom stereocenters. The van der Waals surface area contributed by atoms with E-state index in [4.69, 9.17) is 0 Å². The number of methoxy groups -OCH3 is 1. The average molecular weight is 338 g/mol. The number of hydrogen-bond acceptors (Lipinski definition) is 5. The number of anilines is 1. The second-order valence-electron chi connectivity index (χ2n) is 5.64. The molecule has 0 saturated carbocycles. The maximum absolute atomic E-state index is 12.1. The predicted octanol–water partition coefficient (Wildman–Crippen LogP) is 1.68. The quantitative estimate of drug-likeness (QED) is 0.567. The van der Waals surface area contributed by atoms with Crippen LogP contribution in [0.1, 0.15) is 21.5 Å². The molecule has 2 aromatic carbocycles. The number of aromatic amines is 1. The molecule has 0 spiro atoms. The Morgan fingerprint density at radius 1 is 1.28 bits per heavy atom. The Labute approximate surface area is 141 Å². The number of hydrogen-bond donors (Lipinski definition) is 4. The van der Waals surface area contributed by atoms with E-state index in [1.54, 1.807) is 42.5 Å². The molecular weight excluding hydrogens is 324 g/mol. The van der Waals surface area contributed by atoms with Crippen LogP contribution in [-0.2, 0) is 10.5 Å². The van der Waals surface area contributed by atoms with E-state index in [-0.39, 0.29) is 11.9 Å². The Bertz CT molecular complexity index is 1010. The topological polar surface area (TPSA) is 116 Å². The zero-order valence-corrected chi connectivity index (χ0v) is 13.2. The largest absolute Gasteiger partial charge is 0.453 e. The maximum atomic E-state index is 12.1. The summed E-state index contributed by atoms with van der Waals surface area (Å²) in [7, 11) is 1.26. The first-order valence-electron chi connectivity index (χ1n) is 7.51. The number of amides is 2. The van der Waals surface area contributed by atoms with Crippen LogP contribution in [0.2, 0.25) is 0 Å². The fourth-order valence-corrected chi connectivity index (χ4v) is 2.96. The minimum absolute atomic E-state index is 0.224. The number of nitrogens with zero attached hydrogens (tertiary/aromatic N) is 1. The molecule has 0 aliphatic carbocycles. The maximum Gasteiger partial charge on any atom is 0.413 e. The number of aliphatic hydroxyl groups is 1. The number of nitrogens with one attached hydrogen (secondary N) is 3. The van der Waals surface area contributed by atoms with Gasteiger partial charge in [0.2, 0.25) is 5.95 Å². The predicted molar refractivity (Wildman–Crippen MR) is 89.0 cm³/mol. The van der Waals surface area contributed by atoms with Crippen LogP contribution in [0.25, 0.3) is 11.0 Å². The minimum atomic E-state index is -1.62. The van der Waals surface area contributed by atoms with Gasteiger partial charge in [0, 0.05) is 16.7 Å². The second-order valence-corrected chi connectivity index (χ2v) is 5.64. The van der Waals surface area contributed by atoms with Crippen molar-refractivity contribution < 1.29 is 19.4 Å². The van der Waals surface area contributed by atoms with Crippen molar-refractivity contribution in [2.75, 3.05) is 12.4 Å². The van der Waals surface area contributed by atoms with Gasteiger partial charge in [0.1, 0.15) is 0 Å². The number of rotatable bonds is 2. The Kier molecular flexibility index (Phi) is 3.22. The van der Waals surface area contributed by atoms with E-state index in [1.165, 1.54) is 7.11 Å². The Hall–Kier alpha value is -3.39. The number of H-pyrrole nitrogens is 1. The molecule has 1 aromatic heterocycles. The summed E-state index contributed by atoms with van der Waals surface area (Å²) in [5.41, 5.74) is 0.969. The third kappa shape index (κ3) is 2.31. The van der Waals surface area contributed by atoms with E-state index >= 15 is 0 Å². The lowest BCUT2D eigenvalue weighted by molar-refractivity contribution is 0.0477. The molecule has 0 saturated heterocycles. The van der Waals surface area contributed by atoms with Gasteiger partial charge in [0.15, 0.2) is 5.72 Å². The summed E-state index contributed by atoms with van der Waals surface area (Å²) in [6.07, 6.45) is -0.644. The number of imidazole rings is 1. The fourth-order valence-electron chi connectivity index (χ4n) is 2.96. The van der Waals surface area contributed by atoms with E-state index in [0.29, 0.717) is 27.7 Å². The van der Waals surface area contributed by atoms with E-state index in [0.717, 1.165) is 0 Å². The number of ether oxygens (including phenoxy) is 1. The number of carbonyl (C=O) groups excluding carboxylic acids is 2. The van der Waals surface area contributed by atoms with E-state index < -0.39 is 11.8 Å². The summed E-state index contributed by atoms with van der Waals surface area (Å²) < 4.78 is 4.52. The number of carbonyl (C=O) groups is 2. The molecule has 25 heavy (non-hydrogen) atoms.